The molecule has 0 aliphatic carbocycles. The zero-order valence-corrected chi connectivity index (χ0v) is 24.2. The molecule has 0 aliphatic heterocycles. The molecular formula is C27H46O11. The van der Waals surface area contributed by atoms with Crippen molar-refractivity contribution in [1.82, 2.24) is 0 Å². The molecule has 0 heterocycles. The van der Waals surface area contributed by atoms with E-state index in [9.17, 15) is 14.4 Å². The minimum atomic E-state index is -1.69. The highest BCUT2D eigenvalue weighted by Gasteiger charge is 2.34. The third kappa shape index (κ3) is 18.5. The zero-order chi connectivity index (χ0) is 29.0. The monoisotopic (exact) mass is 546 g/mol. The van der Waals surface area contributed by atoms with Gasteiger partial charge in [0.05, 0.1) is 24.4 Å². The lowest BCUT2D eigenvalue weighted by Gasteiger charge is -2.28. The van der Waals surface area contributed by atoms with Gasteiger partial charge in [-0.1, -0.05) is 52.4 Å². The van der Waals surface area contributed by atoms with Crippen LogP contribution in [0.25, 0.3) is 0 Å². The Bertz CT molecular complexity index is 707. The molecule has 0 aliphatic rings. The van der Waals surface area contributed by atoms with Crippen molar-refractivity contribution in [1.29, 1.82) is 0 Å². The molecular weight excluding hydrogens is 500 g/mol. The molecule has 0 N–H and O–H groups in total. The van der Waals surface area contributed by atoms with Crippen molar-refractivity contribution in [3.05, 3.63) is 23.7 Å². The van der Waals surface area contributed by atoms with Gasteiger partial charge in [0, 0.05) is 27.7 Å². The highest BCUT2D eigenvalue weighted by Crippen LogP contribution is 2.20. The minimum absolute atomic E-state index is 0.0901. The van der Waals surface area contributed by atoms with Crippen LogP contribution in [0.5, 0.6) is 0 Å². The number of carbonyl (C=O) groups excluding carboxylic acids is 3. The highest BCUT2D eigenvalue weighted by atomic mass is 17.2. The van der Waals surface area contributed by atoms with E-state index in [4.69, 9.17) is 38.5 Å². The smallest absolute Gasteiger partial charge is 0.420 e. The van der Waals surface area contributed by atoms with Gasteiger partial charge in [-0.3, -0.25) is 0 Å². The van der Waals surface area contributed by atoms with E-state index in [1.54, 1.807) is 0 Å². The summed E-state index contributed by atoms with van der Waals surface area (Å²) in [5.41, 5.74) is 0.180. The maximum Gasteiger partial charge on any atom is 0.514 e. The number of hydrogen-bond donors (Lipinski definition) is 0. The maximum atomic E-state index is 12.3. The van der Waals surface area contributed by atoms with Crippen LogP contribution in [0.4, 0.5) is 4.79 Å². The van der Waals surface area contributed by atoms with Gasteiger partial charge in [0.2, 0.25) is 0 Å². The van der Waals surface area contributed by atoms with Gasteiger partial charge in [-0.05, 0) is 26.7 Å². The summed E-state index contributed by atoms with van der Waals surface area (Å²) in [7, 11) is 0. The summed E-state index contributed by atoms with van der Waals surface area (Å²) in [5, 5.41) is 0. The molecule has 0 atom stereocenters. The van der Waals surface area contributed by atoms with Gasteiger partial charge in [-0.25, -0.2) is 14.4 Å². The summed E-state index contributed by atoms with van der Waals surface area (Å²) in [5.74, 6) is -4.97. The number of ether oxygens (including phenoxy) is 4. The Morgan fingerprint density at radius 1 is 0.579 bits per heavy atom. The molecule has 0 rings (SSSR count). The van der Waals surface area contributed by atoms with E-state index in [2.05, 4.69) is 13.8 Å². The van der Waals surface area contributed by atoms with Crippen molar-refractivity contribution < 1.29 is 52.9 Å². The van der Waals surface area contributed by atoms with Gasteiger partial charge in [0.25, 0.3) is 11.6 Å². The molecule has 0 radical (unpaired) electrons. The predicted octanol–water partition coefficient (Wildman–Crippen LogP) is 6.56. The topological polar surface area (TPSA) is 125 Å². The Morgan fingerprint density at radius 2 is 0.947 bits per heavy atom. The fourth-order valence-electron chi connectivity index (χ4n) is 2.65. The van der Waals surface area contributed by atoms with Crippen LogP contribution in [-0.2, 0) is 48.1 Å². The standard InChI is InChI=1S/C27H46O11/c1-9-11-13-15-17-31-33-19-21(3)23(28)35-26(5,6)37-25(30)38-27(7,8)36-24(29)22(4)20-34-32-18-16-14-12-10-2/h19-20H,9-18H2,1-8H3/b21-19+,22-20+. The second-order valence-electron chi connectivity index (χ2n) is 9.59. The predicted molar refractivity (Wildman–Crippen MR) is 138 cm³/mol. The second-order valence-corrected chi connectivity index (χ2v) is 9.59. The van der Waals surface area contributed by atoms with E-state index < -0.39 is 29.7 Å². The van der Waals surface area contributed by atoms with E-state index in [0.717, 1.165) is 63.9 Å². The third-order valence-electron chi connectivity index (χ3n) is 4.73. The van der Waals surface area contributed by atoms with Crippen molar-refractivity contribution in [2.24, 2.45) is 0 Å². The molecule has 0 saturated heterocycles. The Hall–Kier alpha value is -2.79. The molecule has 11 nitrogen and oxygen atoms in total. The Kier molecular flexibility index (Phi) is 17.9. The third-order valence-corrected chi connectivity index (χ3v) is 4.73. The molecule has 0 aromatic rings. The molecule has 0 fully saturated rings. The second kappa shape index (κ2) is 19.3. The van der Waals surface area contributed by atoms with Crippen molar-refractivity contribution in [2.75, 3.05) is 13.2 Å². The summed E-state index contributed by atoms with van der Waals surface area (Å²) in [6.07, 6.45) is 9.19. The van der Waals surface area contributed by atoms with Crippen LogP contribution in [0, 0.1) is 0 Å². The fraction of sp³-hybridized carbons (Fsp3) is 0.741. The minimum Gasteiger partial charge on any atom is -0.420 e. The summed E-state index contributed by atoms with van der Waals surface area (Å²) in [6, 6.07) is 0. The number of rotatable bonds is 20. The normalized spacial score (nSPS) is 12.5. The van der Waals surface area contributed by atoms with Crippen LogP contribution in [-0.4, -0.2) is 42.9 Å². The number of carbonyl (C=O) groups is 3. The van der Waals surface area contributed by atoms with Crippen LogP contribution in [0.2, 0.25) is 0 Å². The molecule has 0 unspecified atom stereocenters. The molecule has 0 aromatic carbocycles. The summed E-state index contributed by atoms with van der Waals surface area (Å²) in [6.45, 7) is 13.3. The Morgan fingerprint density at radius 3 is 1.29 bits per heavy atom. The van der Waals surface area contributed by atoms with Gasteiger partial charge in [-0.2, -0.15) is 9.78 Å². The molecule has 0 aromatic heterocycles. The first-order chi connectivity index (χ1) is 17.8. The average Bonchev–Trinajstić information content (AvgIpc) is 2.80. The van der Waals surface area contributed by atoms with Crippen LogP contribution < -0.4 is 0 Å². The Labute approximate surface area is 226 Å². The average molecular weight is 547 g/mol. The highest BCUT2D eigenvalue weighted by molar-refractivity contribution is 5.88. The quantitative estimate of drug-likeness (QED) is 0.0313. The maximum absolute atomic E-state index is 12.3. The Balaban J connectivity index is 4.55. The van der Waals surface area contributed by atoms with Crippen LogP contribution in [0.1, 0.15) is 107 Å². The van der Waals surface area contributed by atoms with Crippen molar-refractivity contribution in [2.45, 2.75) is 118 Å². The first-order valence-electron chi connectivity index (χ1n) is 13.1. The number of esters is 2. The van der Waals surface area contributed by atoms with Crippen LogP contribution >= 0.6 is 0 Å². The lowest BCUT2D eigenvalue weighted by Crippen LogP contribution is -2.39. The van der Waals surface area contributed by atoms with E-state index in [0.29, 0.717) is 13.2 Å². The first-order valence-corrected chi connectivity index (χ1v) is 13.1. The molecule has 0 saturated carbocycles. The van der Waals surface area contributed by atoms with E-state index >= 15 is 0 Å². The van der Waals surface area contributed by atoms with Gasteiger partial charge in [0.1, 0.15) is 12.5 Å². The van der Waals surface area contributed by atoms with Crippen molar-refractivity contribution in [3.63, 3.8) is 0 Å². The summed E-state index contributed by atoms with van der Waals surface area (Å²) < 4.78 is 20.5. The van der Waals surface area contributed by atoms with Crippen molar-refractivity contribution >= 4 is 18.1 Å². The van der Waals surface area contributed by atoms with Gasteiger partial charge in [0.15, 0.2) is 0 Å². The lowest BCUT2D eigenvalue weighted by atomic mass is 10.2. The molecule has 38 heavy (non-hydrogen) atoms. The zero-order valence-electron chi connectivity index (χ0n) is 24.2. The molecule has 0 amide bonds. The largest absolute Gasteiger partial charge is 0.514 e. The molecule has 220 valence electrons. The SMILES string of the molecule is CCCCCCOO/C=C(\C)C(=O)OC(C)(C)OC(=O)OC(C)(C)OC(=O)/C(C)=C/OOCCCCCC. The van der Waals surface area contributed by atoms with Gasteiger partial charge in [-0.15, -0.1) is 0 Å². The van der Waals surface area contributed by atoms with Crippen LogP contribution in [0.3, 0.4) is 0 Å². The van der Waals surface area contributed by atoms with Crippen molar-refractivity contribution in [3.8, 4) is 0 Å². The number of hydrogen-bond acceptors (Lipinski definition) is 11. The first kappa shape index (κ1) is 35.2. The molecule has 0 bridgehead atoms. The molecule has 0 spiro atoms. The fourth-order valence-corrected chi connectivity index (χ4v) is 2.65. The van der Waals surface area contributed by atoms with Gasteiger partial charge < -0.3 is 28.7 Å². The molecule has 11 heteroatoms. The van der Waals surface area contributed by atoms with E-state index in [1.807, 2.05) is 0 Å². The van der Waals surface area contributed by atoms with E-state index in [-0.39, 0.29) is 11.1 Å². The van der Waals surface area contributed by atoms with Gasteiger partial charge >= 0.3 is 18.1 Å². The van der Waals surface area contributed by atoms with Crippen LogP contribution in [0.15, 0.2) is 23.7 Å². The summed E-state index contributed by atoms with van der Waals surface area (Å²) >= 11 is 0. The number of unbranched alkanes of at least 4 members (excludes halogenated alkanes) is 6. The lowest BCUT2D eigenvalue weighted by molar-refractivity contribution is -0.250. The summed E-state index contributed by atoms with van der Waals surface area (Å²) in [4.78, 5) is 56.6. The van der Waals surface area contributed by atoms with E-state index in [1.165, 1.54) is 41.5 Å².